The molecule has 0 saturated carbocycles. The summed E-state index contributed by atoms with van der Waals surface area (Å²) < 4.78 is 19.7. The molecule has 0 fully saturated rings. The molecule has 218 valence electrons. The summed E-state index contributed by atoms with van der Waals surface area (Å²) in [5.74, 6) is -2.60. The Morgan fingerprint density at radius 2 is 1.79 bits per heavy atom. The first-order valence-corrected chi connectivity index (χ1v) is 13.7. The molecule has 2 aliphatic rings. The molecular weight excluding hydrogens is 553 g/mol. The van der Waals surface area contributed by atoms with Gasteiger partial charge in [-0.3, -0.25) is 14.4 Å². The summed E-state index contributed by atoms with van der Waals surface area (Å²) in [5, 5.41) is 25.0. The van der Waals surface area contributed by atoms with Crippen molar-refractivity contribution in [1.82, 2.24) is 15.3 Å². The van der Waals surface area contributed by atoms with Crippen molar-refractivity contribution in [2.24, 2.45) is 0 Å². The zero-order chi connectivity index (χ0) is 30.8. The fourth-order valence-electron chi connectivity index (χ4n) is 5.94. The Balaban J connectivity index is 1.44. The lowest BCUT2D eigenvalue weighted by Crippen LogP contribution is -2.41. The lowest BCUT2D eigenvalue weighted by Gasteiger charge is -2.30. The fourth-order valence-corrected chi connectivity index (χ4v) is 5.94. The summed E-state index contributed by atoms with van der Waals surface area (Å²) in [6, 6.07) is 12.9. The Morgan fingerprint density at radius 3 is 2.47 bits per heavy atom. The van der Waals surface area contributed by atoms with E-state index < -0.39 is 46.1 Å². The number of phenols is 2. The standard InChI is InChI=1S/C33H28FN3O6/c1-15-29(40)27(17(3)38)31-28(30(15)41)33(4)24(43-31)14-23(39)26(32(33)42)16(2)35-22(18-9-11-19(34)12-10-18)13-25-36-20-7-5-6-8-21(20)37-25/h5-12,14,22,35,40-41H,13H2,1-4H3,(H,36,37)/b26-16+/t22?,33-/m1/s1. The summed E-state index contributed by atoms with van der Waals surface area (Å²) in [5.41, 5.74) is 0.634. The molecule has 0 spiro atoms. The third kappa shape index (κ3) is 4.29. The van der Waals surface area contributed by atoms with Crippen molar-refractivity contribution >= 4 is 28.4 Å². The van der Waals surface area contributed by atoms with Crippen molar-refractivity contribution in [1.29, 1.82) is 0 Å². The number of para-hydroxylation sites is 2. The number of halogens is 1. The lowest BCUT2D eigenvalue weighted by atomic mass is 9.70. The molecule has 3 aromatic carbocycles. The first-order chi connectivity index (χ1) is 20.4. The Morgan fingerprint density at radius 1 is 1.09 bits per heavy atom. The van der Waals surface area contributed by atoms with Gasteiger partial charge in [-0.05, 0) is 57.5 Å². The van der Waals surface area contributed by atoms with Crippen LogP contribution in [0, 0.1) is 12.7 Å². The van der Waals surface area contributed by atoms with Crippen molar-refractivity contribution in [3.05, 3.63) is 106 Å². The smallest absolute Gasteiger partial charge is 0.194 e. The summed E-state index contributed by atoms with van der Waals surface area (Å²) in [7, 11) is 0. The van der Waals surface area contributed by atoms with Gasteiger partial charge in [0.25, 0.3) is 0 Å². The van der Waals surface area contributed by atoms with Crippen LogP contribution in [0.4, 0.5) is 4.39 Å². The van der Waals surface area contributed by atoms with Crippen LogP contribution in [0.3, 0.4) is 0 Å². The molecule has 43 heavy (non-hydrogen) atoms. The number of carbonyl (C=O) groups excluding carboxylic acids is 3. The first-order valence-electron chi connectivity index (χ1n) is 13.7. The quantitative estimate of drug-likeness (QED) is 0.139. The van der Waals surface area contributed by atoms with Crippen LogP contribution >= 0.6 is 0 Å². The number of aromatic nitrogens is 2. The number of ether oxygens (including phenoxy) is 1. The number of Topliss-reactive ketones (excluding diaryl/α,β-unsaturated/α-hetero) is 2. The van der Waals surface area contributed by atoms with Crippen molar-refractivity contribution in [2.45, 2.75) is 45.6 Å². The number of H-pyrrole nitrogens is 1. The zero-order valence-electron chi connectivity index (χ0n) is 23.8. The van der Waals surface area contributed by atoms with Crippen molar-refractivity contribution in [2.75, 3.05) is 0 Å². The molecule has 0 saturated heterocycles. The average molecular weight is 582 g/mol. The van der Waals surface area contributed by atoms with Crippen LogP contribution in [0.1, 0.15) is 59.7 Å². The van der Waals surface area contributed by atoms with Gasteiger partial charge in [0.15, 0.2) is 17.3 Å². The Kier molecular flexibility index (Phi) is 6.45. The van der Waals surface area contributed by atoms with E-state index in [1.807, 2.05) is 24.3 Å². The van der Waals surface area contributed by atoms with Crippen LogP contribution in [0.25, 0.3) is 11.0 Å². The van der Waals surface area contributed by atoms with Gasteiger partial charge in [0.05, 0.1) is 28.2 Å². The Labute approximate surface area is 245 Å². The number of fused-ring (bicyclic) bond motifs is 4. The van der Waals surface area contributed by atoms with Gasteiger partial charge in [-0.2, -0.15) is 0 Å². The van der Waals surface area contributed by atoms with Crippen LogP contribution in [0.5, 0.6) is 17.2 Å². The van der Waals surface area contributed by atoms with Gasteiger partial charge in [0.1, 0.15) is 45.6 Å². The minimum Gasteiger partial charge on any atom is -0.507 e. The Bertz CT molecular complexity index is 1910. The first kappa shape index (κ1) is 27.9. The van der Waals surface area contributed by atoms with Gasteiger partial charge < -0.3 is 25.3 Å². The van der Waals surface area contributed by atoms with E-state index in [0.717, 1.165) is 11.0 Å². The van der Waals surface area contributed by atoms with Gasteiger partial charge in [0.2, 0.25) is 0 Å². The van der Waals surface area contributed by atoms with E-state index in [2.05, 4.69) is 15.3 Å². The highest BCUT2D eigenvalue weighted by molar-refractivity contribution is 6.31. The largest absolute Gasteiger partial charge is 0.507 e. The molecule has 6 rings (SSSR count). The maximum absolute atomic E-state index is 14.2. The molecule has 4 aromatic rings. The number of nitrogens with zero attached hydrogens (tertiary/aromatic N) is 1. The van der Waals surface area contributed by atoms with Gasteiger partial charge >= 0.3 is 0 Å². The molecule has 1 aliphatic carbocycles. The highest BCUT2D eigenvalue weighted by atomic mass is 19.1. The zero-order valence-corrected chi connectivity index (χ0v) is 23.8. The van der Waals surface area contributed by atoms with E-state index in [1.54, 1.807) is 19.1 Å². The second-order valence-electron chi connectivity index (χ2n) is 11.0. The van der Waals surface area contributed by atoms with Crippen LogP contribution in [-0.4, -0.2) is 37.5 Å². The molecule has 2 heterocycles. The van der Waals surface area contributed by atoms with Crippen LogP contribution in [0.15, 0.2) is 71.6 Å². The number of nitrogens with one attached hydrogen (secondary N) is 2. The molecule has 1 aliphatic heterocycles. The van der Waals surface area contributed by atoms with Crippen LogP contribution < -0.4 is 10.1 Å². The predicted octanol–water partition coefficient (Wildman–Crippen LogP) is 5.16. The number of hydrogen-bond donors (Lipinski definition) is 4. The number of phenolic OH excluding ortho intramolecular Hbond substituents is 2. The number of rotatable bonds is 6. The molecule has 4 N–H and O–H groups in total. The van der Waals surface area contributed by atoms with Gasteiger partial charge in [-0.25, -0.2) is 9.37 Å². The van der Waals surface area contributed by atoms with E-state index in [4.69, 9.17) is 4.74 Å². The molecule has 0 bridgehead atoms. The number of hydrogen-bond acceptors (Lipinski definition) is 8. The molecule has 9 nitrogen and oxygen atoms in total. The summed E-state index contributed by atoms with van der Waals surface area (Å²) in [4.78, 5) is 48.1. The molecule has 10 heteroatoms. The summed E-state index contributed by atoms with van der Waals surface area (Å²) in [6.07, 6.45) is 1.49. The van der Waals surface area contributed by atoms with Gasteiger partial charge in [0, 0.05) is 23.8 Å². The predicted molar refractivity (Wildman–Crippen MR) is 155 cm³/mol. The lowest BCUT2D eigenvalue weighted by molar-refractivity contribution is -0.123. The van der Waals surface area contributed by atoms with E-state index in [-0.39, 0.29) is 39.5 Å². The fraction of sp³-hybridized carbons (Fsp3) is 0.212. The third-order valence-electron chi connectivity index (χ3n) is 8.26. The second kappa shape index (κ2) is 9.94. The minimum atomic E-state index is -1.64. The maximum Gasteiger partial charge on any atom is 0.194 e. The number of aromatic amines is 1. The van der Waals surface area contributed by atoms with Crippen LogP contribution in [-0.2, 0) is 21.4 Å². The minimum absolute atomic E-state index is 0.0133. The molecule has 2 atom stereocenters. The average Bonchev–Trinajstić information content (AvgIpc) is 3.50. The SMILES string of the molecule is CC(=O)c1c(O)c(C)c(O)c2c1OC1=CC(=O)/C(=C(/C)NC(Cc3nc4ccccc4[nH]3)c3ccc(F)cc3)C(=O)[C@]12C. The van der Waals surface area contributed by atoms with Gasteiger partial charge in [-0.1, -0.05) is 24.3 Å². The number of benzene rings is 3. The van der Waals surface area contributed by atoms with E-state index in [1.165, 1.54) is 39.0 Å². The normalized spacial score (nSPS) is 19.4. The van der Waals surface area contributed by atoms with Gasteiger partial charge in [-0.15, -0.1) is 0 Å². The van der Waals surface area contributed by atoms with E-state index in [9.17, 15) is 29.0 Å². The number of allylic oxidation sites excluding steroid dienone is 4. The number of imidazole rings is 1. The van der Waals surface area contributed by atoms with Crippen molar-refractivity contribution in [3.63, 3.8) is 0 Å². The maximum atomic E-state index is 14.2. The highest BCUT2D eigenvalue weighted by Gasteiger charge is 2.56. The molecule has 0 amide bonds. The highest BCUT2D eigenvalue weighted by Crippen LogP contribution is 2.57. The van der Waals surface area contributed by atoms with E-state index >= 15 is 0 Å². The monoisotopic (exact) mass is 581 g/mol. The summed E-state index contributed by atoms with van der Waals surface area (Å²) >= 11 is 0. The van der Waals surface area contributed by atoms with E-state index in [0.29, 0.717) is 17.8 Å². The summed E-state index contributed by atoms with van der Waals surface area (Å²) in [6.45, 7) is 5.77. The number of aromatic hydroxyl groups is 2. The number of carbonyl (C=O) groups is 3. The topological polar surface area (TPSA) is 142 Å². The molecular formula is C33H28FN3O6. The molecule has 0 radical (unpaired) electrons. The molecule has 1 aromatic heterocycles. The Hall–Kier alpha value is -5.25. The third-order valence-corrected chi connectivity index (χ3v) is 8.26. The number of ketones is 3. The van der Waals surface area contributed by atoms with Crippen LogP contribution in [0.2, 0.25) is 0 Å². The van der Waals surface area contributed by atoms with Crippen molar-refractivity contribution < 1.29 is 33.7 Å². The molecule has 1 unspecified atom stereocenters. The second-order valence-corrected chi connectivity index (χ2v) is 11.0. The van der Waals surface area contributed by atoms with Crippen molar-refractivity contribution in [3.8, 4) is 17.2 Å².